The minimum absolute atomic E-state index is 0.102. The molecule has 0 saturated heterocycles. The van der Waals surface area contributed by atoms with Gasteiger partial charge in [-0.3, -0.25) is 19.5 Å². The van der Waals surface area contributed by atoms with Crippen molar-refractivity contribution in [1.29, 1.82) is 0 Å². The number of nitrogens with zero attached hydrogens (tertiary/aromatic N) is 3. The third kappa shape index (κ3) is 3.14. The quantitative estimate of drug-likeness (QED) is 0.682. The van der Waals surface area contributed by atoms with E-state index in [1.54, 1.807) is 14.0 Å². The molecular formula is C11H11ClN4O4S. The molecule has 0 unspecified atom stereocenters. The third-order valence-corrected chi connectivity index (χ3v) is 4.52. The smallest absolute Gasteiger partial charge is 0.270 e. The van der Waals surface area contributed by atoms with Crippen LogP contribution in [0.25, 0.3) is 0 Å². The van der Waals surface area contributed by atoms with E-state index >= 15 is 0 Å². The molecule has 21 heavy (non-hydrogen) atoms. The molecule has 0 atom stereocenters. The summed E-state index contributed by atoms with van der Waals surface area (Å²) >= 11 is 5.83. The second-order valence-electron chi connectivity index (χ2n) is 4.28. The van der Waals surface area contributed by atoms with Crippen LogP contribution < -0.4 is 4.72 Å². The van der Waals surface area contributed by atoms with Gasteiger partial charge in [-0.2, -0.15) is 5.10 Å². The van der Waals surface area contributed by atoms with Gasteiger partial charge >= 0.3 is 0 Å². The Labute approximate surface area is 125 Å². The summed E-state index contributed by atoms with van der Waals surface area (Å²) in [5.74, 6) is 0. The fourth-order valence-electron chi connectivity index (χ4n) is 1.71. The predicted molar refractivity (Wildman–Crippen MR) is 76.9 cm³/mol. The van der Waals surface area contributed by atoms with E-state index in [0.717, 1.165) is 12.1 Å². The third-order valence-electron chi connectivity index (χ3n) is 2.67. The fourth-order valence-corrected chi connectivity index (χ4v) is 3.33. The van der Waals surface area contributed by atoms with Crippen LogP contribution in [-0.2, 0) is 17.1 Å². The maximum atomic E-state index is 12.3. The molecule has 0 bridgehead atoms. The zero-order chi connectivity index (χ0) is 15.8. The van der Waals surface area contributed by atoms with Crippen LogP contribution in [0, 0.1) is 17.0 Å². The minimum Gasteiger partial charge on any atom is -0.276 e. The maximum Gasteiger partial charge on any atom is 0.270 e. The highest BCUT2D eigenvalue weighted by atomic mass is 35.5. The van der Waals surface area contributed by atoms with Gasteiger partial charge < -0.3 is 0 Å². The highest BCUT2D eigenvalue weighted by molar-refractivity contribution is 7.92. The molecule has 1 aromatic carbocycles. The summed E-state index contributed by atoms with van der Waals surface area (Å²) in [6.45, 7) is 1.63. The van der Waals surface area contributed by atoms with Crippen LogP contribution >= 0.6 is 11.6 Å². The van der Waals surface area contributed by atoms with E-state index in [-0.39, 0.29) is 21.3 Å². The zero-order valence-corrected chi connectivity index (χ0v) is 12.6. The Bertz CT molecular complexity index is 816. The molecule has 0 saturated carbocycles. The van der Waals surface area contributed by atoms with Gasteiger partial charge in [-0.15, -0.1) is 0 Å². The van der Waals surface area contributed by atoms with Gasteiger partial charge in [-0.1, -0.05) is 11.6 Å². The normalized spacial score (nSPS) is 11.4. The van der Waals surface area contributed by atoms with Crippen LogP contribution in [0.4, 0.5) is 11.4 Å². The second kappa shape index (κ2) is 5.34. The molecule has 8 nitrogen and oxygen atoms in total. The van der Waals surface area contributed by atoms with E-state index in [0.29, 0.717) is 5.69 Å². The van der Waals surface area contributed by atoms with E-state index < -0.39 is 14.9 Å². The van der Waals surface area contributed by atoms with E-state index in [1.165, 1.54) is 16.9 Å². The summed E-state index contributed by atoms with van der Waals surface area (Å²) in [6.07, 6.45) is 1.48. The summed E-state index contributed by atoms with van der Waals surface area (Å²) in [5.41, 5.74) is 0.394. The number of sulfonamides is 1. The number of hydrogen-bond donors (Lipinski definition) is 1. The molecule has 1 aromatic heterocycles. The number of nitrogens with one attached hydrogen (secondary N) is 1. The van der Waals surface area contributed by atoms with Crippen molar-refractivity contribution in [3.05, 3.63) is 45.2 Å². The summed E-state index contributed by atoms with van der Waals surface area (Å²) < 4.78 is 28.4. The summed E-state index contributed by atoms with van der Waals surface area (Å²) in [5, 5.41) is 14.6. The molecule has 1 heterocycles. The van der Waals surface area contributed by atoms with Gasteiger partial charge in [0.05, 0.1) is 21.3 Å². The minimum atomic E-state index is -4.05. The van der Waals surface area contributed by atoms with Crippen molar-refractivity contribution in [1.82, 2.24) is 9.78 Å². The molecule has 112 valence electrons. The lowest BCUT2D eigenvalue weighted by Crippen LogP contribution is -2.14. The first-order chi connectivity index (χ1) is 9.70. The number of halogens is 1. The Morgan fingerprint density at radius 3 is 2.62 bits per heavy atom. The number of nitro benzene ring substituents is 1. The maximum absolute atomic E-state index is 12.3. The molecule has 0 aliphatic rings. The van der Waals surface area contributed by atoms with Crippen molar-refractivity contribution in [2.45, 2.75) is 11.8 Å². The summed E-state index contributed by atoms with van der Waals surface area (Å²) in [4.78, 5) is 9.69. The highest BCUT2D eigenvalue weighted by Crippen LogP contribution is 2.28. The van der Waals surface area contributed by atoms with Crippen molar-refractivity contribution in [3.63, 3.8) is 0 Å². The lowest BCUT2D eigenvalue weighted by Gasteiger charge is -2.08. The SMILES string of the molecule is Cc1nn(C)cc1NS(=O)(=O)c1cc([N+](=O)[O-])ccc1Cl. The van der Waals surface area contributed by atoms with Crippen molar-refractivity contribution in [2.75, 3.05) is 4.72 Å². The van der Waals surface area contributed by atoms with Gasteiger partial charge in [0.2, 0.25) is 0 Å². The largest absolute Gasteiger partial charge is 0.276 e. The summed E-state index contributed by atoms with van der Waals surface area (Å²) in [7, 11) is -2.40. The first-order valence-electron chi connectivity index (χ1n) is 5.68. The molecule has 0 amide bonds. The van der Waals surface area contributed by atoms with E-state index in [9.17, 15) is 18.5 Å². The zero-order valence-electron chi connectivity index (χ0n) is 11.1. The number of aromatic nitrogens is 2. The van der Waals surface area contributed by atoms with Crippen LogP contribution in [0.3, 0.4) is 0 Å². The number of nitro groups is 1. The van der Waals surface area contributed by atoms with Crippen LogP contribution in [0.15, 0.2) is 29.3 Å². The standard InChI is InChI=1S/C11H11ClN4O4S/c1-7-10(6-15(2)13-7)14-21(19,20)11-5-8(16(17)18)3-4-9(11)12/h3-6,14H,1-2H3. The number of non-ortho nitro benzene ring substituents is 1. The molecule has 2 aromatic rings. The lowest BCUT2D eigenvalue weighted by atomic mass is 10.3. The van der Waals surface area contributed by atoms with Gasteiger partial charge in [0.1, 0.15) is 4.90 Å². The van der Waals surface area contributed by atoms with Gasteiger partial charge in [-0.25, -0.2) is 8.42 Å². The predicted octanol–water partition coefficient (Wildman–Crippen LogP) is 2.09. The molecule has 1 N–H and O–H groups in total. The van der Waals surface area contributed by atoms with E-state index in [2.05, 4.69) is 9.82 Å². The van der Waals surface area contributed by atoms with Gasteiger partial charge in [0.25, 0.3) is 15.7 Å². The fraction of sp³-hybridized carbons (Fsp3) is 0.182. The molecule has 0 spiro atoms. The number of aryl methyl sites for hydroxylation is 2. The Morgan fingerprint density at radius 1 is 1.43 bits per heavy atom. The second-order valence-corrected chi connectivity index (χ2v) is 6.34. The van der Waals surface area contributed by atoms with Crippen molar-refractivity contribution < 1.29 is 13.3 Å². The Morgan fingerprint density at radius 2 is 2.10 bits per heavy atom. The van der Waals surface area contributed by atoms with E-state index in [1.807, 2.05) is 0 Å². The van der Waals surface area contributed by atoms with Gasteiger partial charge in [0, 0.05) is 25.4 Å². The van der Waals surface area contributed by atoms with Crippen molar-refractivity contribution >= 4 is 33.0 Å². The highest BCUT2D eigenvalue weighted by Gasteiger charge is 2.23. The molecule has 2 rings (SSSR count). The molecule has 0 radical (unpaired) electrons. The number of rotatable bonds is 4. The van der Waals surface area contributed by atoms with Crippen LogP contribution in [0.1, 0.15) is 5.69 Å². The Balaban J connectivity index is 2.46. The Hall–Kier alpha value is -2.13. The first-order valence-corrected chi connectivity index (χ1v) is 7.54. The summed E-state index contributed by atoms with van der Waals surface area (Å²) in [6, 6.07) is 3.22. The molecule has 0 aliphatic carbocycles. The van der Waals surface area contributed by atoms with Gasteiger partial charge in [-0.05, 0) is 13.0 Å². The molecular weight excluding hydrogens is 320 g/mol. The molecule has 10 heteroatoms. The van der Waals surface area contributed by atoms with Crippen LogP contribution in [0.2, 0.25) is 5.02 Å². The lowest BCUT2D eigenvalue weighted by molar-refractivity contribution is -0.385. The number of anilines is 1. The monoisotopic (exact) mass is 330 g/mol. The molecule has 0 fully saturated rings. The van der Waals surface area contributed by atoms with Crippen LogP contribution in [-0.4, -0.2) is 23.1 Å². The van der Waals surface area contributed by atoms with Crippen molar-refractivity contribution in [2.24, 2.45) is 7.05 Å². The average molecular weight is 331 g/mol. The van der Waals surface area contributed by atoms with Gasteiger partial charge in [0.15, 0.2) is 0 Å². The van der Waals surface area contributed by atoms with E-state index in [4.69, 9.17) is 11.6 Å². The van der Waals surface area contributed by atoms with Crippen molar-refractivity contribution in [3.8, 4) is 0 Å². The number of benzene rings is 1. The number of hydrogen-bond acceptors (Lipinski definition) is 5. The Kier molecular flexibility index (Phi) is 3.88. The molecule has 0 aliphatic heterocycles. The van der Waals surface area contributed by atoms with Crippen LogP contribution in [0.5, 0.6) is 0 Å². The average Bonchev–Trinajstić information content (AvgIpc) is 2.67. The first kappa shape index (κ1) is 15.3. The topological polar surface area (TPSA) is 107 Å².